The van der Waals surface area contributed by atoms with Crippen molar-refractivity contribution in [3.8, 4) is 0 Å². The Morgan fingerprint density at radius 1 is 1.41 bits per heavy atom. The average molecular weight is 312 g/mol. The standard InChI is InChI=1S/C16H32N4O2/c1-5-21-13(8-9-20(3)4)11-18-16(17-2)19-14-10-12-6-7-15(14)22-12/h12-15H,5-11H2,1-4H3,(H2,17,18,19). The highest BCUT2D eigenvalue weighted by molar-refractivity contribution is 5.80. The van der Waals surface area contributed by atoms with E-state index >= 15 is 0 Å². The van der Waals surface area contributed by atoms with Crippen molar-refractivity contribution in [2.24, 2.45) is 4.99 Å². The third-order valence-corrected chi connectivity index (χ3v) is 4.45. The highest BCUT2D eigenvalue weighted by Crippen LogP contribution is 2.34. The summed E-state index contributed by atoms with van der Waals surface area (Å²) in [4.78, 5) is 6.52. The highest BCUT2D eigenvalue weighted by Gasteiger charge is 2.41. The van der Waals surface area contributed by atoms with Crippen LogP contribution in [-0.4, -0.2) is 76.1 Å². The molecule has 6 nitrogen and oxygen atoms in total. The Bertz CT molecular complexity index is 362. The molecule has 0 aliphatic carbocycles. The van der Waals surface area contributed by atoms with Crippen molar-refractivity contribution in [1.29, 1.82) is 0 Å². The van der Waals surface area contributed by atoms with E-state index in [2.05, 4.69) is 34.6 Å². The second kappa shape index (κ2) is 8.70. The summed E-state index contributed by atoms with van der Waals surface area (Å²) in [5, 5.41) is 6.91. The number of fused-ring (bicyclic) bond motifs is 2. The van der Waals surface area contributed by atoms with E-state index in [1.54, 1.807) is 0 Å². The second-order valence-electron chi connectivity index (χ2n) is 6.48. The lowest BCUT2D eigenvalue weighted by molar-refractivity contribution is 0.0547. The Balaban J connectivity index is 1.74. The van der Waals surface area contributed by atoms with Crippen molar-refractivity contribution in [1.82, 2.24) is 15.5 Å². The van der Waals surface area contributed by atoms with Gasteiger partial charge in [-0.1, -0.05) is 0 Å². The van der Waals surface area contributed by atoms with E-state index in [0.717, 1.165) is 38.5 Å². The number of rotatable bonds is 8. The summed E-state index contributed by atoms with van der Waals surface area (Å²) in [7, 11) is 6.00. The summed E-state index contributed by atoms with van der Waals surface area (Å²) >= 11 is 0. The summed E-state index contributed by atoms with van der Waals surface area (Å²) in [5.41, 5.74) is 0. The Morgan fingerprint density at radius 3 is 2.77 bits per heavy atom. The highest BCUT2D eigenvalue weighted by atomic mass is 16.5. The topological polar surface area (TPSA) is 58.1 Å². The van der Waals surface area contributed by atoms with Crippen molar-refractivity contribution in [3.63, 3.8) is 0 Å². The Morgan fingerprint density at radius 2 is 2.23 bits per heavy atom. The zero-order chi connectivity index (χ0) is 15.9. The van der Waals surface area contributed by atoms with Crippen molar-refractivity contribution < 1.29 is 9.47 Å². The minimum Gasteiger partial charge on any atom is -0.377 e. The molecule has 4 unspecified atom stereocenters. The summed E-state index contributed by atoms with van der Waals surface area (Å²) < 4.78 is 11.7. The Hall–Kier alpha value is -0.850. The molecule has 2 bridgehead atoms. The molecule has 0 aromatic rings. The summed E-state index contributed by atoms with van der Waals surface area (Å²) in [6.45, 7) is 4.59. The van der Waals surface area contributed by atoms with Crippen LogP contribution in [0.15, 0.2) is 4.99 Å². The second-order valence-corrected chi connectivity index (χ2v) is 6.48. The first kappa shape index (κ1) is 17.5. The predicted molar refractivity (Wildman–Crippen MR) is 89.4 cm³/mol. The molecule has 4 atom stereocenters. The van der Waals surface area contributed by atoms with Gasteiger partial charge in [-0.15, -0.1) is 0 Å². The van der Waals surface area contributed by atoms with Gasteiger partial charge in [0.1, 0.15) is 0 Å². The van der Waals surface area contributed by atoms with Crippen molar-refractivity contribution in [3.05, 3.63) is 0 Å². The molecule has 128 valence electrons. The predicted octanol–water partition coefficient (Wildman–Crippen LogP) is 0.828. The quantitative estimate of drug-likeness (QED) is 0.513. The summed E-state index contributed by atoms with van der Waals surface area (Å²) in [6.07, 6.45) is 5.53. The molecule has 0 spiro atoms. The van der Waals surface area contributed by atoms with Gasteiger partial charge in [-0.3, -0.25) is 4.99 Å². The van der Waals surface area contributed by atoms with Crippen molar-refractivity contribution in [2.45, 2.75) is 57.0 Å². The molecule has 2 heterocycles. The van der Waals surface area contributed by atoms with Gasteiger partial charge in [0.15, 0.2) is 5.96 Å². The van der Waals surface area contributed by atoms with Gasteiger partial charge in [-0.05, 0) is 46.7 Å². The number of hydrogen-bond donors (Lipinski definition) is 2. The van der Waals surface area contributed by atoms with E-state index < -0.39 is 0 Å². The van der Waals surface area contributed by atoms with Gasteiger partial charge in [-0.2, -0.15) is 0 Å². The van der Waals surface area contributed by atoms with Crippen LogP contribution in [0.3, 0.4) is 0 Å². The van der Waals surface area contributed by atoms with Crippen LogP contribution in [0, 0.1) is 0 Å². The largest absolute Gasteiger partial charge is 0.377 e. The lowest BCUT2D eigenvalue weighted by Gasteiger charge is -2.25. The van der Waals surface area contributed by atoms with Gasteiger partial charge in [0.25, 0.3) is 0 Å². The van der Waals surface area contributed by atoms with Crippen LogP contribution in [0.25, 0.3) is 0 Å². The van der Waals surface area contributed by atoms with Gasteiger partial charge in [0, 0.05) is 26.7 Å². The molecule has 0 aromatic heterocycles. The SMILES string of the molecule is CCOC(CCN(C)C)CNC(=NC)NC1CC2CCC1O2. The molecule has 22 heavy (non-hydrogen) atoms. The molecule has 0 aromatic carbocycles. The first-order chi connectivity index (χ1) is 10.6. The molecule has 2 fully saturated rings. The maximum absolute atomic E-state index is 5.88. The van der Waals surface area contributed by atoms with E-state index in [-0.39, 0.29) is 6.10 Å². The lowest BCUT2D eigenvalue weighted by Crippen LogP contribution is -2.49. The van der Waals surface area contributed by atoms with E-state index in [1.807, 2.05) is 14.0 Å². The maximum Gasteiger partial charge on any atom is 0.191 e. The average Bonchev–Trinajstić information content (AvgIpc) is 3.11. The van der Waals surface area contributed by atoms with Crippen LogP contribution >= 0.6 is 0 Å². The minimum absolute atomic E-state index is 0.210. The number of ether oxygens (including phenoxy) is 2. The molecule has 2 aliphatic heterocycles. The number of hydrogen-bond acceptors (Lipinski definition) is 4. The first-order valence-electron chi connectivity index (χ1n) is 8.51. The van der Waals surface area contributed by atoms with Crippen LogP contribution in [0.1, 0.15) is 32.6 Å². The normalized spacial score (nSPS) is 29.1. The molecule has 0 radical (unpaired) electrons. The molecule has 6 heteroatoms. The number of aliphatic imine (C=N–C) groups is 1. The van der Waals surface area contributed by atoms with Gasteiger partial charge in [-0.25, -0.2) is 0 Å². The number of nitrogens with zero attached hydrogens (tertiary/aromatic N) is 2. The lowest BCUT2D eigenvalue weighted by atomic mass is 9.96. The van der Waals surface area contributed by atoms with Gasteiger partial charge in [0.2, 0.25) is 0 Å². The molecule has 0 saturated carbocycles. The van der Waals surface area contributed by atoms with Crippen LogP contribution in [0.2, 0.25) is 0 Å². The molecule has 0 amide bonds. The Kier molecular flexibility index (Phi) is 6.92. The van der Waals surface area contributed by atoms with E-state index in [0.29, 0.717) is 18.2 Å². The van der Waals surface area contributed by atoms with E-state index in [9.17, 15) is 0 Å². The fourth-order valence-corrected chi connectivity index (χ4v) is 3.25. The van der Waals surface area contributed by atoms with Gasteiger partial charge >= 0.3 is 0 Å². The van der Waals surface area contributed by atoms with Crippen LogP contribution in [0.4, 0.5) is 0 Å². The van der Waals surface area contributed by atoms with Crippen molar-refractivity contribution in [2.75, 3.05) is 40.8 Å². The maximum atomic E-state index is 5.88. The zero-order valence-electron chi connectivity index (χ0n) is 14.5. The minimum atomic E-state index is 0.210. The monoisotopic (exact) mass is 312 g/mol. The molecular formula is C16H32N4O2. The molecule has 2 rings (SSSR count). The molecular weight excluding hydrogens is 280 g/mol. The molecule has 2 aliphatic rings. The fourth-order valence-electron chi connectivity index (χ4n) is 3.25. The smallest absolute Gasteiger partial charge is 0.191 e. The van der Waals surface area contributed by atoms with Crippen LogP contribution in [0.5, 0.6) is 0 Å². The van der Waals surface area contributed by atoms with Crippen molar-refractivity contribution >= 4 is 5.96 Å². The van der Waals surface area contributed by atoms with E-state index in [4.69, 9.17) is 9.47 Å². The summed E-state index contributed by atoms with van der Waals surface area (Å²) in [6, 6.07) is 0.400. The van der Waals surface area contributed by atoms with E-state index in [1.165, 1.54) is 12.8 Å². The van der Waals surface area contributed by atoms with Gasteiger partial charge in [0.05, 0.1) is 24.4 Å². The fraction of sp³-hybridized carbons (Fsp3) is 0.938. The summed E-state index contributed by atoms with van der Waals surface area (Å²) in [5.74, 6) is 0.857. The third-order valence-electron chi connectivity index (χ3n) is 4.45. The van der Waals surface area contributed by atoms with Gasteiger partial charge < -0.3 is 25.0 Å². The number of nitrogens with one attached hydrogen (secondary N) is 2. The molecule has 2 saturated heterocycles. The first-order valence-corrected chi connectivity index (χ1v) is 8.51. The Labute approximate surface area is 134 Å². The zero-order valence-corrected chi connectivity index (χ0v) is 14.5. The third kappa shape index (κ3) is 5.11. The number of guanidine groups is 1. The van der Waals surface area contributed by atoms with Crippen LogP contribution in [-0.2, 0) is 9.47 Å². The van der Waals surface area contributed by atoms with Crippen LogP contribution < -0.4 is 10.6 Å². The molecule has 2 N–H and O–H groups in total.